The van der Waals surface area contributed by atoms with E-state index in [0.717, 1.165) is 34.2 Å². The van der Waals surface area contributed by atoms with Gasteiger partial charge in [0, 0.05) is 22.5 Å². The third kappa shape index (κ3) is 2.81. The second-order valence-electron chi connectivity index (χ2n) is 5.46. The Hall–Kier alpha value is -2.99. The first-order valence-electron chi connectivity index (χ1n) is 7.93. The van der Waals surface area contributed by atoms with Crippen LogP contribution in [-0.2, 0) is 6.54 Å². The highest BCUT2D eigenvalue weighted by atomic mass is 35.5. The molecule has 0 aliphatic carbocycles. The van der Waals surface area contributed by atoms with Crippen molar-refractivity contribution in [1.29, 1.82) is 0 Å². The van der Waals surface area contributed by atoms with Crippen LogP contribution in [0.2, 0.25) is 5.02 Å². The lowest BCUT2D eigenvalue weighted by atomic mass is 10.2. The number of anilines is 1. The number of fused-ring (bicyclic) bond motifs is 3. The minimum atomic E-state index is 0.341. The van der Waals surface area contributed by atoms with Gasteiger partial charge >= 0.3 is 0 Å². The standard InChI is InChI=1S/C18H15ClN6/c1-2-25-15-10-6-4-8-13(15)16-17(25)21-18(24-22-16)23-20-11-12-7-3-5-9-14(12)19/h3-11H,2H2,1H3,(H,21,23,24)/b20-11+. The van der Waals surface area contributed by atoms with Crippen molar-refractivity contribution in [3.05, 3.63) is 59.1 Å². The summed E-state index contributed by atoms with van der Waals surface area (Å²) in [7, 11) is 0. The summed E-state index contributed by atoms with van der Waals surface area (Å²) in [4.78, 5) is 4.57. The molecule has 0 aliphatic rings. The first-order chi connectivity index (χ1) is 12.3. The van der Waals surface area contributed by atoms with Gasteiger partial charge in [-0.15, -0.1) is 10.2 Å². The summed E-state index contributed by atoms with van der Waals surface area (Å²) in [5.74, 6) is 0.341. The summed E-state index contributed by atoms with van der Waals surface area (Å²) < 4.78 is 2.11. The summed E-state index contributed by atoms with van der Waals surface area (Å²) in [6.45, 7) is 2.88. The van der Waals surface area contributed by atoms with Crippen molar-refractivity contribution in [1.82, 2.24) is 19.7 Å². The lowest BCUT2D eigenvalue weighted by Crippen LogP contribution is -2.02. The molecule has 6 nitrogen and oxygen atoms in total. The van der Waals surface area contributed by atoms with Gasteiger partial charge in [-0.2, -0.15) is 10.1 Å². The largest absolute Gasteiger partial charge is 0.324 e. The predicted octanol–water partition coefficient (Wildman–Crippen LogP) is 4.10. The number of hydrogen-bond donors (Lipinski definition) is 1. The molecule has 0 atom stereocenters. The van der Waals surface area contributed by atoms with Crippen LogP contribution < -0.4 is 5.43 Å². The number of benzene rings is 2. The number of rotatable bonds is 4. The molecule has 1 N–H and O–H groups in total. The molecule has 0 bridgehead atoms. The van der Waals surface area contributed by atoms with Crippen LogP contribution in [-0.4, -0.2) is 26.0 Å². The van der Waals surface area contributed by atoms with Gasteiger partial charge in [-0.1, -0.05) is 48.0 Å². The number of hydrogen-bond acceptors (Lipinski definition) is 5. The second kappa shape index (κ2) is 6.49. The highest BCUT2D eigenvalue weighted by Crippen LogP contribution is 2.26. The number of hydrazone groups is 1. The van der Waals surface area contributed by atoms with E-state index in [9.17, 15) is 0 Å². The zero-order valence-corrected chi connectivity index (χ0v) is 14.3. The fourth-order valence-corrected chi connectivity index (χ4v) is 2.99. The molecule has 0 saturated carbocycles. The molecule has 2 aromatic carbocycles. The smallest absolute Gasteiger partial charge is 0.265 e. The minimum Gasteiger partial charge on any atom is -0.324 e. The Labute approximate surface area is 149 Å². The number of nitrogens with zero attached hydrogens (tertiary/aromatic N) is 5. The van der Waals surface area contributed by atoms with Crippen LogP contribution >= 0.6 is 11.6 Å². The Kier molecular flexibility index (Phi) is 4.03. The summed E-state index contributed by atoms with van der Waals surface area (Å²) in [5, 5.41) is 14.3. The minimum absolute atomic E-state index is 0.341. The topological polar surface area (TPSA) is 68.0 Å². The SMILES string of the molecule is CCn1c2ccccc2c2nnc(N/N=C/c3ccccc3Cl)nc21. The molecular formula is C18H15ClN6. The van der Waals surface area contributed by atoms with Crippen LogP contribution in [0.4, 0.5) is 5.95 Å². The lowest BCUT2D eigenvalue weighted by molar-refractivity contribution is 0.811. The maximum absolute atomic E-state index is 6.10. The first-order valence-corrected chi connectivity index (χ1v) is 8.31. The van der Waals surface area contributed by atoms with Crippen LogP contribution in [0.1, 0.15) is 12.5 Å². The number of nitrogens with one attached hydrogen (secondary N) is 1. The van der Waals surface area contributed by atoms with Crippen molar-refractivity contribution in [3.8, 4) is 0 Å². The van der Waals surface area contributed by atoms with Crippen molar-refractivity contribution >= 4 is 45.8 Å². The number of aromatic nitrogens is 4. The van der Waals surface area contributed by atoms with E-state index in [1.54, 1.807) is 6.21 Å². The van der Waals surface area contributed by atoms with E-state index in [1.807, 2.05) is 42.5 Å². The maximum atomic E-state index is 6.10. The van der Waals surface area contributed by atoms with Gasteiger partial charge in [-0.3, -0.25) is 0 Å². The third-order valence-electron chi connectivity index (χ3n) is 3.96. The van der Waals surface area contributed by atoms with Gasteiger partial charge in [-0.25, -0.2) is 5.43 Å². The molecular weight excluding hydrogens is 336 g/mol. The van der Waals surface area contributed by atoms with Gasteiger partial charge in [0.1, 0.15) is 5.52 Å². The molecule has 0 spiro atoms. The second-order valence-corrected chi connectivity index (χ2v) is 5.87. The molecule has 2 aromatic heterocycles. The normalized spacial score (nSPS) is 11.6. The highest BCUT2D eigenvalue weighted by Gasteiger charge is 2.13. The monoisotopic (exact) mass is 350 g/mol. The van der Waals surface area contributed by atoms with Crippen molar-refractivity contribution in [3.63, 3.8) is 0 Å². The molecule has 4 aromatic rings. The molecule has 0 unspecified atom stereocenters. The average molecular weight is 351 g/mol. The van der Waals surface area contributed by atoms with Crippen molar-refractivity contribution < 1.29 is 0 Å². The quantitative estimate of drug-likeness (QED) is 0.444. The van der Waals surface area contributed by atoms with Crippen LogP contribution in [0.3, 0.4) is 0 Å². The van der Waals surface area contributed by atoms with Crippen LogP contribution in [0, 0.1) is 0 Å². The van der Waals surface area contributed by atoms with Gasteiger partial charge in [0.25, 0.3) is 5.95 Å². The third-order valence-corrected chi connectivity index (χ3v) is 4.31. The Balaban J connectivity index is 1.69. The van der Waals surface area contributed by atoms with Crippen LogP contribution in [0.15, 0.2) is 53.6 Å². The van der Waals surface area contributed by atoms with Gasteiger partial charge in [0.2, 0.25) is 0 Å². The molecule has 0 saturated heterocycles. The molecule has 4 rings (SSSR count). The summed E-state index contributed by atoms with van der Waals surface area (Å²) in [6, 6.07) is 15.6. The average Bonchev–Trinajstić information content (AvgIpc) is 2.96. The fraction of sp³-hybridized carbons (Fsp3) is 0.111. The van der Waals surface area contributed by atoms with Gasteiger partial charge < -0.3 is 4.57 Å². The van der Waals surface area contributed by atoms with E-state index in [4.69, 9.17) is 11.6 Å². The predicted molar refractivity (Wildman–Crippen MR) is 101 cm³/mol. The Bertz CT molecular complexity index is 1090. The van der Waals surface area contributed by atoms with E-state index in [1.165, 1.54) is 0 Å². The maximum Gasteiger partial charge on any atom is 0.265 e. The van der Waals surface area contributed by atoms with E-state index in [2.05, 4.69) is 43.3 Å². The van der Waals surface area contributed by atoms with Gasteiger partial charge in [-0.05, 0) is 19.1 Å². The molecule has 0 fully saturated rings. The Morgan fingerprint density at radius 3 is 2.76 bits per heavy atom. The summed E-state index contributed by atoms with van der Waals surface area (Å²) in [5.41, 5.74) is 6.31. The molecule has 0 aliphatic heterocycles. The highest BCUT2D eigenvalue weighted by molar-refractivity contribution is 6.33. The number of para-hydroxylation sites is 1. The number of halogens is 1. The molecule has 7 heteroatoms. The van der Waals surface area contributed by atoms with Crippen molar-refractivity contribution in [2.45, 2.75) is 13.5 Å². The van der Waals surface area contributed by atoms with E-state index < -0.39 is 0 Å². The first kappa shape index (κ1) is 15.5. The van der Waals surface area contributed by atoms with Gasteiger partial charge in [0.15, 0.2) is 5.65 Å². The zero-order valence-electron chi connectivity index (χ0n) is 13.5. The molecule has 0 amide bonds. The van der Waals surface area contributed by atoms with Crippen LogP contribution in [0.25, 0.3) is 22.1 Å². The lowest BCUT2D eigenvalue weighted by Gasteiger charge is -2.02. The van der Waals surface area contributed by atoms with E-state index in [0.29, 0.717) is 11.0 Å². The summed E-state index contributed by atoms with van der Waals surface area (Å²) >= 11 is 6.10. The van der Waals surface area contributed by atoms with Crippen LogP contribution in [0.5, 0.6) is 0 Å². The molecule has 0 radical (unpaired) electrons. The van der Waals surface area contributed by atoms with Gasteiger partial charge in [0.05, 0.1) is 11.7 Å². The molecule has 2 heterocycles. The molecule has 25 heavy (non-hydrogen) atoms. The Morgan fingerprint density at radius 2 is 1.92 bits per heavy atom. The summed E-state index contributed by atoms with van der Waals surface area (Å²) in [6.07, 6.45) is 1.63. The van der Waals surface area contributed by atoms with Crippen molar-refractivity contribution in [2.24, 2.45) is 5.10 Å². The number of aryl methyl sites for hydroxylation is 1. The van der Waals surface area contributed by atoms with Crippen molar-refractivity contribution in [2.75, 3.05) is 5.43 Å². The fourth-order valence-electron chi connectivity index (χ4n) is 2.81. The van der Waals surface area contributed by atoms with E-state index in [-0.39, 0.29) is 0 Å². The molecule has 124 valence electrons. The zero-order chi connectivity index (χ0) is 17.2. The Morgan fingerprint density at radius 1 is 1.12 bits per heavy atom. The van der Waals surface area contributed by atoms with E-state index >= 15 is 0 Å².